The third-order valence-electron chi connectivity index (χ3n) is 4.66. The molecule has 0 fully saturated rings. The minimum Gasteiger partial charge on any atom is -0.493 e. The Morgan fingerprint density at radius 1 is 0.688 bits per heavy atom. The Morgan fingerprint density at radius 3 is 1.50 bits per heavy atom. The molecule has 0 radical (unpaired) electrons. The predicted octanol–water partition coefficient (Wildman–Crippen LogP) is 7.49. The second-order valence-electron chi connectivity index (χ2n) is 7.53. The summed E-state index contributed by atoms with van der Waals surface area (Å²) in [4.78, 5) is 0. The van der Waals surface area contributed by atoms with E-state index in [1.54, 1.807) is 27.7 Å². The van der Waals surface area contributed by atoms with Gasteiger partial charge in [-0.05, 0) is 41.0 Å². The van der Waals surface area contributed by atoms with E-state index < -0.39 is 15.2 Å². The lowest BCUT2D eigenvalue weighted by Gasteiger charge is -2.23. The average molecular weight is 493 g/mol. The summed E-state index contributed by atoms with van der Waals surface area (Å²) in [6, 6.07) is 3.86. The molecule has 186 valence electrons. The van der Waals surface area contributed by atoms with Crippen LogP contribution in [-0.2, 0) is 39.5 Å². The van der Waals surface area contributed by atoms with Gasteiger partial charge in [-0.25, -0.2) is 0 Å². The zero-order valence-corrected chi connectivity index (χ0v) is 22.5. The molecule has 7 nitrogen and oxygen atoms in total. The molecule has 0 atom stereocenters. The molecule has 0 saturated carbocycles. The average Bonchev–Trinajstić information content (AvgIpc) is 2.70. The Morgan fingerprint density at radius 2 is 1.12 bits per heavy atom. The fourth-order valence-electron chi connectivity index (χ4n) is 3.51. The second-order valence-corrected chi connectivity index (χ2v) is 11.6. The van der Waals surface area contributed by atoms with Crippen molar-refractivity contribution in [1.82, 2.24) is 0 Å². The van der Waals surface area contributed by atoms with Crippen molar-refractivity contribution in [1.29, 1.82) is 0 Å². The highest BCUT2D eigenvalue weighted by atomic mass is 31.2. The largest absolute Gasteiger partial charge is 0.493 e. The number of hydrogen-bond acceptors (Lipinski definition) is 7. The van der Waals surface area contributed by atoms with Crippen LogP contribution >= 0.6 is 15.2 Å². The first kappa shape index (κ1) is 29.4. The van der Waals surface area contributed by atoms with E-state index in [-0.39, 0.29) is 38.8 Å². The summed E-state index contributed by atoms with van der Waals surface area (Å²) in [5.41, 5.74) is 2.38. The fourth-order valence-corrected chi connectivity index (χ4v) is 6.91. The molecular formula is C23H42O7P2. The maximum atomic E-state index is 13.3. The highest BCUT2D eigenvalue weighted by Gasteiger charge is 2.30. The van der Waals surface area contributed by atoms with Gasteiger partial charge in [0.25, 0.3) is 0 Å². The summed E-state index contributed by atoms with van der Waals surface area (Å²) in [5, 5.41) is 0. The van der Waals surface area contributed by atoms with Crippen LogP contribution in [-0.4, -0.2) is 33.0 Å². The molecule has 0 amide bonds. The van der Waals surface area contributed by atoms with Crippen molar-refractivity contribution in [3.05, 3.63) is 28.8 Å². The molecule has 0 aliphatic carbocycles. The molecule has 9 heteroatoms. The first-order valence-electron chi connectivity index (χ1n) is 11.8. The lowest BCUT2D eigenvalue weighted by Crippen LogP contribution is -2.08. The Bertz CT molecular complexity index is 694. The Kier molecular flexibility index (Phi) is 14.0. The highest BCUT2D eigenvalue weighted by Crippen LogP contribution is 2.56. The number of ether oxygens (including phenoxy) is 1. The monoisotopic (exact) mass is 492 g/mol. The topological polar surface area (TPSA) is 80.3 Å². The van der Waals surface area contributed by atoms with E-state index in [0.29, 0.717) is 12.4 Å². The zero-order valence-electron chi connectivity index (χ0n) is 20.7. The normalized spacial score (nSPS) is 12.3. The molecule has 1 aromatic rings. The standard InChI is InChI=1S/C23H42O7P2/c1-7-12-13-14-15-26-23-21(18-31(24,27-8-2)28-9-3)16-20(6)17-22(23)19-32(25,29-10-4)30-11-5/h16-17H,7-15,18-19H2,1-6H3. The molecule has 0 N–H and O–H groups in total. The lowest BCUT2D eigenvalue weighted by molar-refractivity contribution is 0.218. The maximum absolute atomic E-state index is 13.3. The van der Waals surface area contributed by atoms with Gasteiger partial charge in [-0.2, -0.15) is 0 Å². The van der Waals surface area contributed by atoms with Crippen LogP contribution in [0.25, 0.3) is 0 Å². The molecule has 1 rings (SSSR count). The van der Waals surface area contributed by atoms with Gasteiger partial charge >= 0.3 is 15.2 Å². The predicted molar refractivity (Wildman–Crippen MR) is 130 cm³/mol. The first-order chi connectivity index (χ1) is 15.3. The number of aryl methyl sites for hydroxylation is 1. The van der Waals surface area contributed by atoms with Crippen molar-refractivity contribution >= 4 is 15.2 Å². The number of benzene rings is 1. The SMILES string of the molecule is CCCCCCOc1c(CP(=O)(OCC)OCC)cc(C)cc1CP(=O)(OCC)OCC. The van der Waals surface area contributed by atoms with Crippen LogP contribution in [0.3, 0.4) is 0 Å². The van der Waals surface area contributed by atoms with Gasteiger partial charge in [0.1, 0.15) is 5.75 Å². The van der Waals surface area contributed by atoms with E-state index in [2.05, 4.69) is 6.92 Å². The first-order valence-corrected chi connectivity index (χ1v) is 15.2. The van der Waals surface area contributed by atoms with E-state index in [1.165, 1.54) is 0 Å². The van der Waals surface area contributed by atoms with Gasteiger partial charge in [-0.15, -0.1) is 0 Å². The van der Waals surface area contributed by atoms with E-state index in [4.69, 9.17) is 22.8 Å². The van der Waals surface area contributed by atoms with Crippen LogP contribution in [0.5, 0.6) is 5.75 Å². The molecule has 0 heterocycles. The van der Waals surface area contributed by atoms with Crippen molar-refractivity contribution in [2.75, 3.05) is 33.0 Å². The fraction of sp³-hybridized carbons (Fsp3) is 0.739. The summed E-state index contributed by atoms with van der Waals surface area (Å²) in [6.07, 6.45) is 4.43. The summed E-state index contributed by atoms with van der Waals surface area (Å²) in [7, 11) is -6.69. The molecule has 0 aliphatic rings. The van der Waals surface area contributed by atoms with Gasteiger partial charge in [-0.1, -0.05) is 43.9 Å². The van der Waals surface area contributed by atoms with Gasteiger partial charge < -0.3 is 22.8 Å². The number of rotatable bonds is 18. The summed E-state index contributed by atoms with van der Waals surface area (Å²) < 4.78 is 54.8. The van der Waals surface area contributed by atoms with Gasteiger partial charge in [0.2, 0.25) is 0 Å². The highest BCUT2D eigenvalue weighted by molar-refractivity contribution is 7.53. The van der Waals surface area contributed by atoms with Crippen molar-refractivity contribution in [3.8, 4) is 5.75 Å². The van der Waals surface area contributed by atoms with E-state index in [0.717, 1.165) is 42.4 Å². The van der Waals surface area contributed by atoms with Crippen LogP contribution < -0.4 is 4.74 Å². The van der Waals surface area contributed by atoms with Crippen molar-refractivity contribution in [3.63, 3.8) is 0 Å². The maximum Gasteiger partial charge on any atom is 0.335 e. The number of hydrogen-bond donors (Lipinski definition) is 0. The van der Waals surface area contributed by atoms with Crippen molar-refractivity contribution in [2.45, 2.75) is 79.5 Å². The summed E-state index contributed by atoms with van der Waals surface area (Å²) >= 11 is 0. The van der Waals surface area contributed by atoms with Crippen LogP contribution in [0, 0.1) is 6.92 Å². The quantitative estimate of drug-likeness (QED) is 0.155. The summed E-state index contributed by atoms with van der Waals surface area (Å²) in [5.74, 6) is 0.575. The molecule has 0 spiro atoms. The third kappa shape index (κ3) is 10.1. The lowest BCUT2D eigenvalue weighted by atomic mass is 10.1. The number of unbranched alkanes of at least 4 members (excludes halogenated alkanes) is 3. The second kappa shape index (κ2) is 15.3. The van der Waals surface area contributed by atoms with Crippen molar-refractivity contribution in [2.24, 2.45) is 0 Å². The molecule has 0 saturated heterocycles. The smallest absolute Gasteiger partial charge is 0.335 e. The molecule has 0 unspecified atom stereocenters. The van der Waals surface area contributed by atoms with Crippen LogP contribution in [0.15, 0.2) is 12.1 Å². The van der Waals surface area contributed by atoms with E-state index >= 15 is 0 Å². The Balaban J connectivity index is 3.36. The molecule has 0 bridgehead atoms. The zero-order chi connectivity index (χ0) is 24.0. The molecule has 32 heavy (non-hydrogen) atoms. The van der Waals surface area contributed by atoms with E-state index in [1.807, 2.05) is 19.1 Å². The Hall–Kier alpha value is -0.680. The Labute approximate surface area is 194 Å². The van der Waals surface area contributed by atoms with E-state index in [9.17, 15) is 9.13 Å². The minimum atomic E-state index is -3.35. The minimum absolute atomic E-state index is 0.0845. The van der Waals surface area contributed by atoms with Crippen LogP contribution in [0.2, 0.25) is 0 Å². The molecule has 0 aliphatic heterocycles. The molecule has 1 aromatic carbocycles. The summed E-state index contributed by atoms with van der Waals surface area (Å²) in [6.45, 7) is 12.9. The molecule has 0 aromatic heterocycles. The third-order valence-corrected chi connectivity index (χ3v) is 8.72. The van der Waals surface area contributed by atoms with Crippen LogP contribution in [0.1, 0.15) is 77.0 Å². The van der Waals surface area contributed by atoms with Gasteiger partial charge in [-0.3, -0.25) is 9.13 Å². The molecular weight excluding hydrogens is 450 g/mol. The van der Waals surface area contributed by atoms with Crippen molar-refractivity contribution < 1.29 is 32.0 Å². The van der Waals surface area contributed by atoms with Gasteiger partial charge in [0.15, 0.2) is 0 Å². The van der Waals surface area contributed by atoms with Gasteiger partial charge in [0, 0.05) is 11.1 Å². The van der Waals surface area contributed by atoms with Crippen LogP contribution in [0.4, 0.5) is 0 Å². The van der Waals surface area contributed by atoms with Gasteiger partial charge in [0.05, 0.1) is 45.4 Å².